The van der Waals surface area contributed by atoms with E-state index in [1.165, 1.54) is 4.90 Å². The Labute approximate surface area is 96.4 Å². The van der Waals surface area contributed by atoms with E-state index in [2.05, 4.69) is 19.2 Å². The summed E-state index contributed by atoms with van der Waals surface area (Å²) in [6, 6.07) is -0.208. The fraction of sp³-hybridized carbons (Fsp3) is 0.833. The van der Waals surface area contributed by atoms with Crippen molar-refractivity contribution in [2.24, 2.45) is 11.8 Å². The largest absolute Gasteiger partial charge is 0.325 e. The summed E-state index contributed by atoms with van der Waals surface area (Å²) < 4.78 is 0. The second-order valence-corrected chi connectivity index (χ2v) is 5.55. The van der Waals surface area contributed by atoms with Crippen LogP contribution in [0.25, 0.3) is 0 Å². The van der Waals surface area contributed by atoms with Crippen LogP contribution in [-0.4, -0.2) is 28.9 Å². The molecule has 4 heteroatoms. The zero-order chi connectivity index (χ0) is 11.9. The number of urea groups is 1. The van der Waals surface area contributed by atoms with Crippen LogP contribution in [0.4, 0.5) is 4.79 Å². The zero-order valence-corrected chi connectivity index (χ0v) is 10.2. The van der Waals surface area contributed by atoms with Gasteiger partial charge in [0.25, 0.3) is 5.91 Å². The van der Waals surface area contributed by atoms with Crippen LogP contribution in [0.15, 0.2) is 0 Å². The molecule has 2 fully saturated rings. The molecule has 1 aliphatic carbocycles. The molecule has 0 aromatic rings. The first kappa shape index (κ1) is 11.4. The molecule has 1 saturated carbocycles. The van der Waals surface area contributed by atoms with E-state index in [1.807, 2.05) is 6.92 Å². The summed E-state index contributed by atoms with van der Waals surface area (Å²) in [6.45, 7) is 6.60. The van der Waals surface area contributed by atoms with Crippen LogP contribution in [0.3, 0.4) is 0 Å². The van der Waals surface area contributed by atoms with E-state index < -0.39 is 5.54 Å². The van der Waals surface area contributed by atoms with Crippen LogP contribution in [0.1, 0.15) is 40.0 Å². The highest BCUT2D eigenvalue weighted by molar-refractivity contribution is 6.07. The van der Waals surface area contributed by atoms with E-state index in [4.69, 9.17) is 0 Å². The van der Waals surface area contributed by atoms with Crippen molar-refractivity contribution < 1.29 is 9.59 Å². The molecule has 0 spiro atoms. The molecule has 2 rings (SSSR count). The highest BCUT2D eigenvalue weighted by atomic mass is 16.2. The number of hydrogen-bond acceptors (Lipinski definition) is 2. The van der Waals surface area contributed by atoms with Crippen molar-refractivity contribution in [3.8, 4) is 0 Å². The second-order valence-electron chi connectivity index (χ2n) is 5.55. The quantitative estimate of drug-likeness (QED) is 0.740. The van der Waals surface area contributed by atoms with E-state index in [0.29, 0.717) is 18.4 Å². The molecule has 3 amide bonds. The first-order chi connectivity index (χ1) is 7.45. The Morgan fingerprint density at radius 1 is 1.44 bits per heavy atom. The molecule has 0 aromatic heterocycles. The molecule has 1 unspecified atom stereocenters. The van der Waals surface area contributed by atoms with Gasteiger partial charge in [0.15, 0.2) is 0 Å². The Morgan fingerprint density at radius 3 is 2.56 bits per heavy atom. The van der Waals surface area contributed by atoms with Crippen molar-refractivity contribution in [1.82, 2.24) is 10.2 Å². The average Bonchev–Trinajstić information content (AvgIpc) is 2.97. The Kier molecular flexibility index (Phi) is 2.68. The van der Waals surface area contributed by atoms with Crippen LogP contribution < -0.4 is 5.32 Å². The molecule has 1 saturated heterocycles. The molecule has 4 nitrogen and oxygen atoms in total. The second kappa shape index (κ2) is 3.75. The lowest BCUT2D eigenvalue weighted by molar-refractivity contribution is -0.131. The van der Waals surface area contributed by atoms with Gasteiger partial charge in [-0.15, -0.1) is 0 Å². The Morgan fingerprint density at radius 2 is 2.06 bits per heavy atom. The monoisotopic (exact) mass is 224 g/mol. The first-order valence-corrected chi connectivity index (χ1v) is 6.09. The van der Waals surface area contributed by atoms with E-state index in [0.717, 1.165) is 19.3 Å². The molecule has 2 aliphatic rings. The van der Waals surface area contributed by atoms with Gasteiger partial charge in [-0.2, -0.15) is 0 Å². The molecule has 0 aromatic carbocycles. The van der Waals surface area contributed by atoms with E-state index in [9.17, 15) is 9.59 Å². The Hall–Kier alpha value is -1.06. The predicted molar refractivity (Wildman–Crippen MR) is 60.8 cm³/mol. The maximum atomic E-state index is 12.2. The Bertz CT molecular complexity index is 323. The summed E-state index contributed by atoms with van der Waals surface area (Å²) in [5.74, 6) is 0.835. The summed E-state index contributed by atoms with van der Waals surface area (Å²) in [5, 5.41) is 2.85. The summed E-state index contributed by atoms with van der Waals surface area (Å²) in [6.07, 6.45) is 2.99. The number of rotatable bonds is 4. The molecular formula is C12H20N2O2. The zero-order valence-electron chi connectivity index (χ0n) is 10.2. The number of nitrogens with zero attached hydrogens (tertiary/aromatic N) is 1. The lowest BCUT2D eigenvalue weighted by Crippen LogP contribution is -2.46. The molecule has 1 N–H and O–H groups in total. The normalized spacial score (nSPS) is 30.1. The summed E-state index contributed by atoms with van der Waals surface area (Å²) in [5.41, 5.74) is -0.617. The van der Waals surface area contributed by atoms with Gasteiger partial charge in [-0.1, -0.05) is 13.8 Å². The van der Waals surface area contributed by atoms with Crippen LogP contribution in [0, 0.1) is 11.8 Å². The third kappa shape index (κ3) is 1.81. The number of amides is 3. The topological polar surface area (TPSA) is 49.4 Å². The highest BCUT2D eigenvalue weighted by Crippen LogP contribution is 2.42. The van der Waals surface area contributed by atoms with E-state index in [1.54, 1.807) is 0 Å². The number of imide groups is 1. The smallest absolute Gasteiger partial charge is 0.323 e. The fourth-order valence-electron chi connectivity index (χ4n) is 2.24. The molecule has 90 valence electrons. The molecular weight excluding hydrogens is 204 g/mol. The van der Waals surface area contributed by atoms with Gasteiger partial charge >= 0.3 is 6.03 Å². The van der Waals surface area contributed by atoms with Crippen LogP contribution >= 0.6 is 0 Å². The lowest BCUT2D eigenvalue weighted by atomic mass is 9.96. The van der Waals surface area contributed by atoms with Crippen molar-refractivity contribution >= 4 is 11.9 Å². The van der Waals surface area contributed by atoms with E-state index >= 15 is 0 Å². The standard InChI is InChI=1S/C12H20N2O2/c1-8(2)6-7-14-10(15)12(3,9-4-5-9)13-11(14)16/h8-9H,4-7H2,1-3H3,(H,13,16). The van der Waals surface area contributed by atoms with Crippen molar-refractivity contribution in [3.05, 3.63) is 0 Å². The minimum atomic E-state index is -0.617. The third-order valence-electron chi connectivity index (χ3n) is 3.63. The van der Waals surface area contributed by atoms with Crippen LogP contribution in [-0.2, 0) is 4.79 Å². The summed E-state index contributed by atoms with van der Waals surface area (Å²) in [4.78, 5) is 25.3. The number of nitrogens with one attached hydrogen (secondary N) is 1. The first-order valence-electron chi connectivity index (χ1n) is 6.09. The van der Waals surface area contributed by atoms with Gasteiger partial charge in [-0.05, 0) is 38.0 Å². The minimum absolute atomic E-state index is 0.0272. The minimum Gasteiger partial charge on any atom is -0.323 e. The molecule has 1 heterocycles. The predicted octanol–water partition coefficient (Wildman–Crippen LogP) is 1.75. The Balaban J connectivity index is 2.04. The van der Waals surface area contributed by atoms with Crippen molar-refractivity contribution in [3.63, 3.8) is 0 Å². The summed E-state index contributed by atoms with van der Waals surface area (Å²) in [7, 11) is 0. The van der Waals surface area contributed by atoms with Gasteiger partial charge in [-0.25, -0.2) is 4.79 Å². The molecule has 0 bridgehead atoms. The third-order valence-corrected chi connectivity index (χ3v) is 3.63. The van der Waals surface area contributed by atoms with Crippen LogP contribution in [0.2, 0.25) is 0 Å². The number of carbonyl (C=O) groups is 2. The molecule has 1 atom stereocenters. The van der Waals surface area contributed by atoms with Crippen molar-refractivity contribution in [1.29, 1.82) is 0 Å². The maximum absolute atomic E-state index is 12.2. The van der Waals surface area contributed by atoms with Crippen LogP contribution in [0.5, 0.6) is 0 Å². The maximum Gasteiger partial charge on any atom is 0.325 e. The van der Waals surface area contributed by atoms with Crippen molar-refractivity contribution in [2.75, 3.05) is 6.54 Å². The summed E-state index contributed by atoms with van der Waals surface area (Å²) >= 11 is 0. The van der Waals surface area contributed by atoms with Gasteiger partial charge in [0.1, 0.15) is 5.54 Å². The van der Waals surface area contributed by atoms with Gasteiger partial charge in [0, 0.05) is 6.54 Å². The lowest BCUT2D eigenvalue weighted by Gasteiger charge is -2.21. The average molecular weight is 224 g/mol. The highest BCUT2D eigenvalue weighted by Gasteiger charge is 2.55. The molecule has 0 radical (unpaired) electrons. The van der Waals surface area contributed by atoms with Gasteiger partial charge in [0.05, 0.1) is 0 Å². The SMILES string of the molecule is CC(C)CCN1C(=O)NC(C)(C2CC2)C1=O. The van der Waals surface area contributed by atoms with Gasteiger partial charge in [0.2, 0.25) is 0 Å². The number of carbonyl (C=O) groups excluding carboxylic acids is 2. The molecule has 16 heavy (non-hydrogen) atoms. The van der Waals surface area contributed by atoms with E-state index in [-0.39, 0.29) is 11.9 Å². The van der Waals surface area contributed by atoms with Gasteiger partial charge in [-0.3, -0.25) is 9.69 Å². The van der Waals surface area contributed by atoms with Crippen molar-refractivity contribution in [2.45, 2.75) is 45.6 Å². The fourth-order valence-corrected chi connectivity index (χ4v) is 2.24. The number of hydrogen-bond donors (Lipinski definition) is 1. The molecule has 1 aliphatic heterocycles. The van der Waals surface area contributed by atoms with Gasteiger partial charge < -0.3 is 5.32 Å².